The summed E-state index contributed by atoms with van der Waals surface area (Å²) in [6, 6.07) is 13.8. The molecule has 0 aliphatic carbocycles. The Balaban J connectivity index is 1.32. The number of benzene rings is 2. The number of thioether (sulfide) groups is 2. The molecule has 178 valence electrons. The molecule has 0 atom stereocenters. The van der Waals surface area contributed by atoms with Crippen molar-refractivity contribution in [1.29, 1.82) is 0 Å². The Kier molecular flexibility index (Phi) is 8.46. The fraction of sp³-hybridized carbons (Fsp3) is 0.333. The second-order valence-corrected chi connectivity index (χ2v) is 11.5. The molecule has 4 rings (SSSR count). The van der Waals surface area contributed by atoms with Crippen LogP contribution in [0.3, 0.4) is 0 Å². The highest BCUT2D eigenvalue weighted by Crippen LogP contribution is 2.33. The second kappa shape index (κ2) is 11.5. The number of aromatic nitrogens is 1. The van der Waals surface area contributed by atoms with Crippen LogP contribution in [0.1, 0.15) is 19.4 Å². The number of thiocarbonyl (C=S) groups is 1. The van der Waals surface area contributed by atoms with E-state index in [2.05, 4.69) is 35.1 Å². The molecule has 10 heteroatoms. The third-order valence-electron chi connectivity index (χ3n) is 5.51. The highest BCUT2D eigenvalue weighted by atomic mass is 32.2. The molecule has 0 unspecified atom stereocenters. The average Bonchev–Trinajstić information content (AvgIpc) is 3.45. The van der Waals surface area contributed by atoms with Crippen molar-refractivity contribution in [2.24, 2.45) is 0 Å². The van der Waals surface area contributed by atoms with Gasteiger partial charge in [0.15, 0.2) is 4.34 Å². The zero-order valence-electron chi connectivity index (χ0n) is 19.1. The van der Waals surface area contributed by atoms with E-state index in [0.29, 0.717) is 5.75 Å². The van der Waals surface area contributed by atoms with Crippen molar-refractivity contribution >= 4 is 84.8 Å². The lowest BCUT2D eigenvalue weighted by Gasteiger charge is -2.20. The Morgan fingerprint density at radius 1 is 1.18 bits per heavy atom. The Morgan fingerprint density at radius 2 is 1.97 bits per heavy atom. The number of anilines is 2. The molecule has 1 aliphatic heterocycles. The number of fused-ring (bicyclic) bond motifs is 2. The topological polar surface area (TPSA) is 65.5 Å². The third-order valence-corrected chi connectivity index (χ3v) is 9.18. The summed E-state index contributed by atoms with van der Waals surface area (Å²) in [4.78, 5) is 33.7. The van der Waals surface area contributed by atoms with Crippen molar-refractivity contribution in [3.63, 3.8) is 0 Å². The summed E-state index contributed by atoms with van der Waals surface area (Å²) in [5, 5.41) is 2.94. The Hall–Kier alpha value is -2.14. The molecule has 3 aromatic rings. The summed E-state index contributed by atoms with van der Waals surface area (Å²) in [5.41, 5.74) is 3.84. The van der Waals surface area contributed by atoms with Crippen LogP contribution in [0.2, 0.25) is 0 Å². The number of hydrogen-bond acceptors (Lipinski definition) is 7. The van der Waals surface area contributed by atoms with Gasteiger partial charge in [-0.2, -0.15) is 0 Å². The van der Waals surface area contributed by atoms with E-state index in [1.54, 1.807) is 0 Å². The van der Waals surface area contributed by atoms with Crippen LogP contribution in [-0.4, -0.2) is 57.2 Å². The zero-order valence-corrected chi connectivity index (χ0v) is 22.3. The van der Waals surface area contributed by atoms with Gasteiger partial charge < -0.3 is 15.1 Å². The van der Waals surface area contributed by atoms with Gasteiger partial charge in [-0.25, -0.2) is 4.98 Å². The van der Waals surface area contributed by atoms with Crippen molar-refractivity contribution in [3.05, 3.63) is 48.0 Å². The van der Waals surface area contributed by atoms with Gasteiger partial charge in [0.2, 0.25) is 11.8 Å². The van der Waals surface area contributed by atoms with Crippen LogP contribution in [0.4, 0.5) is 11.4 Å². The van der Waals surface area contributed by atoms with E-state index >= 15 is 0 Å². The van der Waals surface area contributed by atoms with E-state index in [9.17, 15) is 9.59 Å². The number of nitrogens with one attached hydrogen (secondary N) is 1. The summed E-state index contributed by atoms with van der Waals surface area (Å²) < 4.78 is 2.57. The van der Waals surface area contributed by atoms with Gasteiger partial charge in [-0.1, -0.05) is 53.9 Å². The predicted octanol–water partition coefficient (Wildman–Crippen LogP) is 5.28. The molecule has 0 spiro atoms. The number of amides is 2. The second-order valence-electron chi connectivity index (χ2n) is 7.65. The first kappa shape index (κ1) is 25.0. The minimum absolute atomic E-state index is 0.0885. The molecule has 0 saturated carbocycles. The lowest BCUT2D eigenvalue weighted by atomic mass is 10.2. The van der Waals surface area contributed by atoms with E-state index in [-0.39, 0.29) is 17.6 Å². The van der Waals surface area contributed by atoms with Crippen LogP contribution in [0.25, 0.3) is 10.2 Å². The highest BCUT2D eigenvalue weighted by molar-refractivity contribution is 8.23. The number of rotatable bonds is 8. The summed E-state index contributed by atoms with van der Waals surface area (Å²) in [6.07, 6.45) is 0.905. The fourth-order valence-corrected chi connectivity index (χ4v) is 6.93. The maximum absolute atomic E-state index is 12.8. The Labute approximate surface area is 217 Å². The van der Waals surface area contributed by atoms with Gasteiger partial charge in [0.05, 0.1) is 21.7 Å². The molecule has 1 N–H and O–H groups in total. The molecule has 2 amide bonds. The Bertz CT molecular complexity index is 1210. The molecule has 0 saturated heterocycles. The molecule has 6 nitrogen and oxygen atoms in total. The lowest BCUT2D eigenvalue weighted by Crippen LogP contribution is -2.30. The van der Waals surface area contributed by atoms with Gasteiger partial charge in [-0.05, 0) is 50.1 Å². The molecule has 0 bridgehead atoms. The fourth-order valence-electron chi connectivity index (χ4n) is 3.74. The number of para-hydroxylation sites is 1. The van der Waals surface area contributed by atoms with Gasteiger partial charge >= 0.3 is 0 Å². The molecule has 0 fully saturated rings. The molecule has 2 heterocycles. The first-order valence-corrected chi connectivity index (χ1v) is 14.3. The smallest absolute Gasteiger partial charge is 0.237 e. The van der Waals surface area contributed by atoms with Crippen molar-refractivity contribution in [2.45, 2.75) is 24.6 Å². The standard InChI is InChI=1S/C24H26N4O2S4/c1-3-27(4-2)24(31)33-14-21(29)25-17-9-10-18-20(13-17)34-23(26-18)32-15-22(30)28-12-11-16-7-5-6-8-19(16)28/h5-10,13H,3-4,11-12,14-15H2,1-2H3,(H,25,29). The normalized spacial score (nSPS) is 12.6. The third kappa shape index (κ3) is 5.91. The van der Waals surface area contributed by atoms with E-state index in [1.165, 1.54) is 40.4 Å². The van der Waals surface area contributed by atoms with Gasteiger partial charge in [0.1, 0.15) is 4.32 Å². The number of nitrogens with zero attached hydrogens (tertiary/aromatic N) is 3. The highest BCUT2D eigenvalue weighted by Gasteiger charge is 2.24. The van der Waals surface area contributed by atoms with Gasteiger partial charge in [0, 0.05) is 31.0 Å². The predicted molar refractivity (Wildman–Crippen MR) is 149 cm³/mol. The average molecular weight is 531 g/mol. The molecular weight excluding hydrogens is 505 g/mol. The van der Waals surface area contributed by atoms with Crippen molar-refractivity contribution in [3.8, 4) is 0 Å². The summed E-state index contributed by atoms with van der Waals surface area (Å²) in [7, 11) is 0. The van der Waals surface area contributed by atoms with E-state index in [0.717, 1.165) is 56.3 Å². The number of hydrogen-bond donors (Lipinski definition) is 1. The summed E-state index contributed by atoms with van der Waals surface area (Å²) >= 11 is 9.77. The van der Waals surface area contributed by atoms with Gasteiger partial charge in [-0.3, -0.25) is 9.59 Å². The first-order valence-electron chi connectivity index (χ1n) is 11.1. The molecule has 1 aliphatic rings. The molecule has 1 aromatic heterocycles. The van der Waals surface area contributed by atoms with Crippen molar-refractivity contribution in [2.75, 3.05) is 41.4 Å². The zero-order chi connectivity index (χ0) is 24.1. The SMILES string of the molecule is CCN(CC)C(=S)SCC(=O)Nc1ccc2nc(SCC(=O)N3CCc4ccccc43)sc2c1. The van der Waals surface area contributed by atoms with Crippen LogP contribution >= 0.6 is 47.1 Å². The van der Waals surface area contributed by atoms with E-state index in [4.69, 9.17) is 12.2 Å². The first-order chi connectivity index (χ1) is 16.5. The quantitative estimate of drug-likeness (QED) is 0.314. The van der Waals surface area contributed by atoms with Gasteiger partial charge in [0.25, 0.3) is 0 Å². The summed E-state index contributed by atoms with van der Waals surface area (Å²) in [5.74, 6) is 0.636. The maximum Gasteiger partial charge on any atom is 0.237 e. The minimum Gasteiger partial charge on any atom is -0.358 e. The van der Waals surface area contributed by atoms with Crippen LogP contribution in [0.15, 0.2) is 46.8 Å². The van der Waals surface area contributed by atoms with Crippen LogP contribution in [0, 0.1) is 0 Å². The molecular formula is C24H26N4O2S4. The largest absolute Gasteiger partial charge is 0.358 e. The minimum atomic E-state index is -0.0885. The lowest BCUT2D eigenvalue weighted by molar-refractivity contribution is -0.116. The van der Waals surface area contributed by atoms with E-state index in [1.807, 2.05) is 41.3 Å². The number of carbonyl (C=O) groups excluding carboxylic acids is 2. The van der Waals surface area contributed by atoms with E-state index < -0.39 is 0 Å². The maximum atomic E-state index is 12.8. The van der Waals surface area contributed by atoms with Crippen molar-refractivity contribution in [1.82, 2.24) is 9.88 Å². The van der Waals surface area contributed by atoms with Crippen LogP contribution in [0.5, 0.6) is 0 Å². The van der Waals surface area contributed by atoms with Crippen LogP contribution < -0.4 is 10.2 Å². The number of thiazole rings is 1. The molecule has 34 heavy (non-hydrogen) atoms. The molecule has 2 aromatic carbocycles. The molecule has 0 radical (unpaired) electrons. The monoisotopic (exact) mass is 530 g/mol. The Morgan fingerprint density at radius 3 is 2.76 bits per heavy atom. The summed E-state index contributed by atoms with van der Waals surface area (Å²) in [6.45, 7) is 6.51. The van der Waals surface area contributed by atoms with Crippen molar-refractivity contribution < 1.29 is 9.59 Å². The van der Waals surface area contributed by atoms with Crippen LogP contribution in [-0.2, 0) is 16.0 Å². The van der Waals surface area contributed by atoms with Gasteiger partial charge in [-0.15, -0.1) is 11.3 Å². The number of carbonyl (C=O) groups is 2.